The summed E-state index contributed by atoms with van der Waals surface area (Å²) in [5, 5.41) is 3.76. The largest absolute Gasteiger partial charge is 0.313 e. The van der Waals surface area contributed by atoms with E-state index in [4.69, 9.17) is 15.0 Å². The van der Waals surface area contributed by atoms with E-state index in [1.54, 1.807) is 0 Å². The molecule has 0 unspecified atom stereocenters. The van der Waals surface area contributed by atoms with Crippen molar-refractivity contribution >= 4 is 33.3 Å². The predicted molar refractivity (Wildman–Crippen MR) is 234 cm³/mol. The molecular formula is C52H38N4. The molecule has 2 aromatic heterocycles. The summed E-state index contributed by atoms with van der Waals surface area (Å²) in [6, 6.07) is 45.7. The number of fused-ring (bicyclic) bond motifs is 6. The summed E-state index contributed by atoms with van der Waals surface area (Å²) in [6.07, 6.45) is 18.3. The van der Waals surface area contributed by atoms with Crippen LogP contribution in [0.5, 0.6) is 0 Å². The molecule has 4 nitrogen and oxygen atoms in total. The first-order valence-corrected chi connectivity index (χ1v) is 19.2. The van der Waals surface area contributed by atoms with Gasteiger partial charge in [0.25, 0.3) is 0 Å². The summed E-state index contributed by atoms with van der Waals surface area (Å²) in [5.74, 6) is 2.03. The molecule has 0 spiro atoms. The van der Waals surface area contributed by atoms with Crippen LogP contribution in [0, 0.1) is 6.92 Å². The van der Waals surface area contributed by atoms with E-state index in [9.17, 15) is 0 Å². The third-order valence-electron chi connectivity index (χ3n) is 11.1. The van der Waals surface area contributed by atoms with Gasteiger partial charge in [-0.1, -0.05) is 164 Å². The van der Waals surface area contributed by atoms with E-state index in [0.29, 0.717) is 17.5 Å². The van der Waals surface area contributed by atoms with Crippen LogP contribution in [-0.4, -0.2) is 19.5 Å². The minimum atomic E-state index is 0.670. The van der Waals surface area contributed by atoms with E-state index in [-0.39, 0.29) is 0 Å². The zero-order valence-corrected chi connectivity index (χ0v) is 31.2. The lowest BCUT2D eigenvalue weighted by Crippen LogP contribution is -2.03. The van der Waals surface area contributed by atoms with E-state index in [2.05, 4.69) is 164 Å². The highest BCUT2D eigenvalue weighted by molar-refractivity contribution is 6.12. The summed E-state index contributed by atoms with van der Waals surface area (Å²) in [4.78, 5) is 15.2. The van der Waals surface area contributed by atoms with Gasteiger partial charge in [0.2, 0.25) is 0 Å². The van der Waals surface area contributed by atoms with Crippen LogP contribution in [0.15, 0.2) is 177 Å². The molecule has 0 amide bonds. The molecule has 0 fully saturated rings. The molecule has 2 aliphatic carbocycles. The van der Waals surface area contributed by atoms with Gasteiger partial charge in [-0.25, -0.2) is 15.0 Å². The lowest BCUT2D eigenvalue weighted by Gasteiger charge is -2.13. The van der Waals surface area contributed by atoms with Crippen LogP contribution in [0.1, 0.15) is 34.6 Å². The van der Waals surface area contributed by atoms with Crippen LogP contribution in [0.4, 0.5) is 0 Å². The summed E-state index contributed by atoms with van der Waals surface area (Å²) < 4.78 is 2.38. The van der Waals surface area contributed by atoms with Crippen LogP contribution in [0.3, 0.4) is 0 Å². The minimum Gasteiger partial charge on any atom is -0.313 e. The standard InChI is InChI=1S/C52H38N4/c1-3-4-21-43-34(2)56(47-31-27-36-15-12-13-22-44(36)49(43)47)42-28-24-35(25-29-42)39-26-30-45-41(32-39)33-40-20-14-23-46(48(40)45)52-54-50(37-16-8-5-6-9-17-37)53-51(55-52)38-18-10-7-11-19-38/h3-5,7-32H,1,6,33H2,2H3/b21-4-. The zero-order chi connectivity index (χ0) is 37.6. The molecule has 0 saturated heterocycles. The number of hydrogen-bond donors (Lipinski definition) is 0. The number of benzene rings is 6. The fourth-order valence-corrected chi connectivity index (χ4v) is 8.41. The maximum absolute atomic E-state index is 5.11. The normalized spacial score (nSPS) is 13.3. The van der Waals surface area contributed by atoms with E-state index < -0.39 is 0 Å². The quantitative estimate of drug-likeness (QED) is 0.154. The Morgan fingerprint density at radius 1 is 0.661 bits per heavy atom. The number of nitrogens with zero attached hydrogens (tertiary/aromatic N) is 4. The summed E-state index contributed by atoms with van der Waals surface area (Å²) >= 11 is 0. The second kappa shape index (κ2) is 13.9. The Morgan fingerprint density at radius 3 is 2.34 bits per heavy atom. The van der Waals surface area contributed by atoms with Crippen LogP contribution >= 0.6 is 0 Å². The predicted octanol–water partition coefficient (Wildman–Crippen LogP) is 12.9. The van der Waals surface area contributed by atoms with Gasteiger partial charge in [0.05, 0.1) is 5.52 Å². The van der Waals surface area contributed by atoms with E-state index >= 15 is 0 Å². The number of aromatic nitrogens is 4. The molecule has 2 aliphatic rings. The molecule has 6 aromatic carbocycles. The van der Waals surface area contributed by atoms with E-state index in [0.717, 1.165) is 35.2 Å². The first-order valence-electron chi connectivity index (χ1n) is 19.2. The number of hydrogen-bond acceptors (Lipinski definition) is 3. The Morgan fingerprint density at radius 2 is 1.46 bits per heavy atom. The lowest BCUT2D eigenvalue weighted by atomic mass is 9.96. The Balaban J connectivity index is 1.03. The van der Waals surface area contributed by atoms with Gasteiger partial charge in [-0.2, -0.15) is 0 Å². The molecule has 4 heteroatoms. The average Bonchev–Trinajstić information content (AvgIpc) is 3.61. The van der Waals surface area contributed by atoms with Crippen molar-refractivity contribution in [2.24, 2.45) is 0 Å². The first kappa shape index (κ1) is 33.4. The molecule has 0 saturated carbocycles. The molecule has 56 heavy (non-hydrogen) atoms. The van der Waals surface area contributed by atoms with Gasteiger partial charge < -0.3 is 4.57 Å². The monoisotopic (exact) mass is 718 g/mol. The van der Waals surface area contributed by atoms with Gasteiger partial charge in [0, 0.05) is 39.0 Å². The van der Waals surface area contributed by atoms with Crippen molar-refractivity contribution in [2.45, 2.75) is 19.8 Å². The molecule has 266 valence electrons. The number of allylic oxidation sites excluding steroid dienone is 8. The number of rotatable bonds is 7. The van der Waals surface area contributed by atoms with Crippen molar-refractivity contribution in [1.82, 2.24) is 19.5 Å². The fourth-order valence-electron chi connectivity index (χ4n) is 8.41. The lowest BCUT2D eigenvalue weighted by molar-refractivity contribution is 1.04. The third kappa shape index (κ3) is 5.75. The van der Waals surface area contributed by atoms with Crippen molar-refractivity contribution in [1.29, 1.82) is 0 Å². The van der Waals surface area contributed by atoms with Gasteiger partial charge in [-0.3, -0.25) is 0 Å². The van der Waals surface area contributed by atoms with E-state index in [1.165, 1.54) is 66.3 Å². The fraction of sp³-hybridized carbons (Fsp3) is 0.0577. The summed E-state index contributed by atoms with van der Waals surface area (Å²) in [5.41, 5.74) is 15.1. The minimum absolute atomic E-state index is 0.670. The highest BCUT2D eigenvalue weighted by Crippen LogP contribution is 2.44. The maximum atomic E-state index is 5.11. The van der Waals surface area contributed by atoms with Crippen LogP contribution < -0.4 is 0 Å². The smallest absolute Gasteiger partial charge is 0.164 e. The molecule has 0 aliphatic heterocycles. The highest BCUT2D eigenvalue weighted by Gasteiger charge is 2.25. The molecule has 0 bridgehead atoms. The maximum Gasteiger partial charge on any atom is 0.164 e. The van der Waals surface area contributed by atoms with Crippen molar-refractivity contribution in [3.63, 3.8) is 0 Å². The Hall–Kier alpha value is -7.17. The Kier molecular flexibility index (Phi) is 8.30. The van der Waals surface area contributed by atoms with E-state index in [1.807, 2.05) is 30.4 Å². The molecule has 2 heterocycles. The topological polar surface area (TPSA) is 43.6 Å². The van der Waals surface area contributed by atoms with Gasteiger partial charge >= 0.3 is 0 Å². The zero-order valence-electron chi connectivity index (χ0n) is 31.2. The molecule has 0 radical (unpaired) electrons. The van der Waals surface area contributed by atoms with Gasteiger partial charge in [-0.05, 0) is 82.1 Å². The Labute approximate surface area is 326 Å². The molecule has 0 atom stereocenters. The molecule has 8 aromatic rings. The van der Waals surface area contributed by atoms with Crippen molar-refractivity contribution in [2.75, 3.05) is 0 Å². The van der Waals surface area contributed by atoms with Crippen LogP contribution in [-0.2, 0) is 6.42 Å². The molecule has 10 rings (SSSR count). The van der Waals surface area contributed by atoms with Crippen LogP contribution in [0.2, 0.25) is 0 Å². The average molecular weight is 719 g/mol. The second-order valence-corrected chi connectivity index (χ2v) is 14.4. The van der Waals surface area contributed by atoms with Gasteiger partial charge in [-0.15, -0.1) is 0 Å². The first-order chi connectivity index (χ1) is 27.6. The second-order valence-electron chi connectivity index (χ2n) is 14.4. The third-order valence-corrected chi connectivity index (χ3v) is 11.1. The molecule has 0 N–H and O–H groups in total. The van der Waals surface area contributed by atoms with Crippen molar-refractivity contribution in [3.05, 3.63) is 205 Å². The van der Waals surface area contributed by atoms with Crippen molar-refractivity contribution in [3.8, 4) is 50.7 Å². The van der Waals surface area contributed by atoms with Crippen LogP contribution in [0.25, 0.3) is 84.0 Å². The summed E-state index contributed by atoms with van der Waals surface area (Å²) in [7, 11) is 0. The van der Waals surface area contributed by atoms with Crippen molar-refractivity contribution < 1.29 is 0 Å². The highest BCUT2D eigenvalue weighted by atomic mass is 15.0. The Bertz CT molecular complexity index is 2970. The molecular weight excluding hydrogens is 681 g/mol. The SMILES string of the molecule is C=C/C=C\c1c(C)n(-c2ccc(-c3ccc4c(c3)Cc3cccc(-c5nc(C6=CC=CCC=C6)nc(-c6ccccc6)n5)c3-4)cc2)c2ccc3ccccc3c12. The van der Waals surface area contributed by atoms with Gasteiger partial charge in [0.15, 0.2) is 17.5 Å². The summed E-state index contributed by atoms with van der Waals surface area (Å²) in [6.45, 7) is 6.14. The van der Waals surface area contributed by atoms with Gasteiger partial charge in [0.1, 0.15) is 0 Å².